The fourth-order valence-electron chi connectivity index (χ4n) is 2.39. The summed E-state index contributed by atoms with van der Waals surface area (Å²) in [5, 5.41) is 2.90. The Morgan fingerprint density at radius 1 is 1.25 bits per heavy atom. The molecular weight excluding hydrogens is 252 g/mol. The molecule has 1 N–H and O–H groups in total. The Kier molecular flexibility index (Phi) is 3.63. The summed E-state index contributed by atoms with van der Waals surface area (Å²) >= 11 is 0. The van der Waals surface area contributed by atoms with E-state index in [4.69, 9.17) is 4.74 Å². The maximum Gasteiger partial charge on any atom is 0.221 e. The minimum absolute atomic E-state index is 0.0287. The minimum atomic E-state index is 0.0287. The lowest BCUT2D eigenvalue weighted by atomic mass is 9.97. The van der Waals surface area contributed by atoms with Gasteiger partial charge in [0.1, 0.15) is 5.75 Å². The summed E-state index contributed by atoms with van der Waals surface area (Å²) in [6.45, 7) is 1.05. The van der Waals surface area contributed by atoms with E-state index in [1.54, 1.807) is 6.20 Å². The third-order valence-corrected chi connectivity index (χ3v) is 3.42. The molecule has 3 rings (SSSR count). The van der Waals surface area contributed by atoms with Gasteiger partial charge in [0.2, 0.25) is 5.91 Å². The fraction of sp³-hybridized carbons (Fsp3) is 0.250. The van der Waals surface area contributed by atoms with Crippen molar-refractivity contribution in [1.29, 1.82) is 0 Å². The van der Waals surface area contributed by atoms with Crippen LogP contribution in [0.5, 0.6) is 5.75 Å². The second-order valence-electron chi connectivity index (χ2n) is 4.85. The Balaban J connectivity index is 1.55. The summed E-state index contributed by atoms with van der Waals surface area (Å²) in [5.74, 6) is 1.07. The lowest BCUT2D eigenvalue weighted by Crippen LogP contribution is -2.25. The minimum Gasteiger partial charge on any atom is -0.493 e. The molecule has 102 valence electrons. The zero-order valence-corrected chi connectivity index (χ0v) is 11.1. The van der Waals surface area contributed by atoms with Gasteiger partial charge in [-0.15, -0.1) is 0 Å². The molecule has 4 heteroatoms. The second kappa shape index (κ2) is 5.74. The van der Waals surface area contributed by atoms with Crippen LogP contribution in [0.2, 0.25) is 0 Å². The van der Waals surface area contributed by atoms with Crippen LogP contribution in [0.1, 0.15) is 23.6 Å². The largest absolute Gasteiger partial charge is 0.493 e. The first-order valence-corrected chi connectivity index (χ1v) is 6.71. The molecule has 1 amide bonds. The van der Waals surface area contributed by atoms with Gasteiger partial charge in [0, 0.05) is 24.1 Å². The number of fused-ring (bicyclic) bond motifs is 1. The SMILES string of the molecule is O=C(CC1COc2ccccc21)NCc1ccccn1. The van der Waals surface area contributed by atoms with Crippen molar-refractivity contribution in [3.05, 3.63) is 59.9 Å². The molecule has 1 unspecified atom stereocenters. The Bertz CT molecular complexity index is 598. The number of nitrogens with one attached hydrogen (secondary N) is 1. The van der Waals surface area contributed by atoms with E-state index in [2.05, 4.69) is 10.3 Å². The van der Waals surface area contributed by atoms with Gasteiger partial charge in [-0.3, -0.25) is 9.78 Å². The molecule has 2 heterocycles. The molecule has 0 radical (unpaired) electrons. The molecule has 0 aliphatic carbocycles. The number of amides is 1. The molecule has 0 fully saturated rings. The number of pyridine rings is 1. The summed E-state index contributed by atoms with van der Waals surface area (Å²) in [6.07, 6.45) is 2.17. The van der Waals surface area contributed by atoms with Gasteiger partial charge in [-0.2, -0.15) is 0 Å². The number of para-hydroxylation sites is 1. The van der Waals surface area contributed by atoms with Crippen LogP contribution in [-0.2, 0) is 11.3 Å². The average molecular weight is 268 g/mol. The van der Waals surface area contributed by atoms with Crippen molar-refractivity contribution < 1.29 is 9.53 Å². The number of aromatic nitrogens is 1. The Labute approximate surface area is 117 Å². The van der Waals surface area contributed by atoms with Crippen molar-refractivity contribution in [1.82, 2.24) is 10.3 Å². The van der Waals surface area contributed by atoms with E-state index in [0.29, 0.717) is 19.6 Å². The van der Waals surface area contributed by atoms with Crippen LogP contribution in [0.3, 0.4) is 0 Å². The summed E-state index contributed by atoms with van der Waals surface area (Å²) in [4.78, 5) is 16.2. The van der Waals surface area contributed by atoms with E-state index in [1.807, 2.05) is 42.5 Å². The molecule has 1 atom stereocenters. The molecule has 20 heavy (non-hydrogen) atoms. The monoisotopic (exact) mass is 268 g/mol. The Hall–Kier alpha value is -2.36. The maximum absolute atomic E-state index is 12.0. The highest BCUT2D eigenvalue weighted by Gasteiger charge is 2.25. The summed E-state index contributed by atoms with van der Waals surface area (Å²) in [7, 11) is 0. The van der Waals surface area contributed by atoms with Crippen molar-refractivity contribution in [2.45, 2.75) is 18.9 Å². The topological polar surface area (TPSA) is 51.2 Å². The van der Waals surface area contributed by atoms with Gasteiger partial charge in [0.05, 0.1) is 18.8 Å². The van der Waals surface area contributed by atoms with Gasteiger partial charge < -0.3 is 10.1 Å². The number of nitrogens with zero attached hydrogens (tertiary/aromatic N) is 1. The first kappa shape index (κ1) is 12.7. The highest BCUT2D eigenvalue weighted by atomic mass is 16.5. The quantitative estimate of drug-likeness (QED) is 0.925. The van der Waals surface area contributed by atoms with Gasteiger partial charge in [0.25, 0.3) is 0 Å². The van der Waals surface area contributed by atoms with Gasteiger partial charge >= 0.3 is 0 Å². The standard InChI is InChI=1S/C16H16N2O2/c19-16(18-10-13-5-3-4-8-17-13)9-12-11-20-15-7-2-1-6-14(12)15/h1-8,12H,9-11H2,(H,18,19). The predicted octanol–water partition coefficient (Wildman–Crippen LogP) is 2.26. The number of benzene rings is 1. The van der Waals surface area contributed by atoms with Crippen LogP contribution < -0.4 is 10.1 Å². The van der Waals surface area contributed by atoms with Crippen LogP contribution in [0.15, 0.2) is 48.7 Å². The van der Waals surface area contributed by atoms with Gasteiger partial charge in [0.15, 0.2) is 0 Å². The van der Waals surface area contributed by atoms with E-state index >= 15 is 0 Å². The number of ether oxygens (including phenoxy) is 1. The number of carbonyl (C=O) groups is 1. The summed E-state index contributed by atoms with van der Waals surface area (Å²) < 4.78 is 5.58. The van der Waals surface area contributed by atoms with E-state index in [0.717, 1.165) is 17.0 Å². The van der Waals surface area contributed by atoms with Crippen molar-refractivity contribution in [3.63, 3.8) is 0 Å². The van der Waals surface area contributed by atoms with Gasteiger partial charge in [-0.1, -0.05) is 24.3 Å². The van der Waals surface area contributed by atoms with Crippen molar-refractivity contribution >= 4 is 5.91 Å². The molecule has 0 saturated carbocycles. The van der Waals surface area contributed by atoms with Crippen LogP contribution in [0.25, 0.3) is 0 Å². The third-order valence-electron chi connectivity index (χ3n) is 3.42. The lowest BCUT2D eigenvalue weighted by molar-refractivity contribution is -0.121. The predicted molar refractivity (Wildman–Crippen MR) is 75.4 cm³/mol. The number of rotatable bonds is 4. The first-order chi connectivity index (χ1) is 9.83. The van der Waals surface area contributed by atoms with E-state index < -0.39 is 0 Å². The molecule has 0 bridgehead atoms. The lowest BCUT2D eigenvalue weighted by Gasteiger charge is -2.09. The summed E-state index contributed by atoms with van der Waals surface area (Å²) in [5.41, 5.74) is 1.99. The highest BCUT2D eigenvalue weighted by molar-refractivity contribution is 5.77. The zero-order valence-electron chi connectivity index (χ0n) is 11.1. The molecule has 2 aromatic rings. The highest BCUT2D eigenvalue weighted by Crippen LogP contribution is 2.35. The maximum atomic E-state index is 12.0. The molecule has 1 aliphatic heterocycles. The average Bonchev–Trinajstić information content (AvgIpc) is 2.90. The normalized spacial score (nSPS) is 16.3. The number of carbonyl (C=O) groups excluding carboxylic acids is 1. The van der Waals surface area contributed by atoms with Crippen molar-refractivity contribution in [2.75, 3.05) is 6.61 Å². The van der Waals surface area contributed by atoms with E-state index in [1.165, 1.54) is 0 Å². The fourth-order valence-corrected chi connectivity index (χ4v) is 2.39. The smallest absolute Gasteiger partial charge is 0.221 e. The molecule has 1 aromatic carbocycles. The zero-order chi connectivity index (χ0) is 13.8. The Morgan fingerprint density at radius 2 is 2.10 bits per heavy atom. The van der Waals surface area contributed by atoms with Crippen LogP contribution in [0.4, 0.5) is 0 Å². The molecule has 1 aliphatic rings. The second-order valence-corrected chi connectivity index (χ2v) is 4.85. The van der Waals surface area contributed by atoms with Crippen LogP contribution in [-0.4, -0.2) is 17.5 Å². The third kappa shape index (κ3) is 2.79. The summed E-state index contributed by atoms with van der Waals surface area (Å²) in [6, 6.07) is 13.6. The van der Waals surface area contributed by atoms with Crippen molar-refractivity contribution in [3.8, 4) is 5.75 Å². The molecule has 0 spiro atoms. The van der Waals surface area contributed by atoms with Crippen LogP contribution in [0, 0.1) is 0 Å². The molecule has 0 saturated heterocycles. The van der Waals surface area contributed by atoms with Crippen molar-refractivity contribution in [2.24, 2.45) is 0 Å². The molecular formula is C16H16N2O2. The first-order valence-electron chi connectivity index (χ1n) is 6.71. The van der Waals surface area contributed by atoms with Gasteiger partial charge in [-0.25, -0.2) is 0 Å². The van der Waals surface area contributed by atoms with Gasteiger partial charge in [-0.05, 0) is 18.2 Å². The Morgan fingerprint density at radius 3 is 2.95 bits per heavy atom. The van der Waals surface area contributed by atoms with E-state index in [9.17, 15) is 4.79 Å². The van der Waals surface area contributed by atoms with E-state index in [-0.39, 0.29) is 11.8 Å². The number of hydrogen-bond acceptors (Lipinski definition) is 3. The van der Waals surface area contributed by atoms with Crippen LogP contribution >= 0.6 is 0 Å². The number of hydrogen-bond donors (Lipinski definition) is 1. The molecule has 4 nitrogen and oxygen atoms in total. The molecule has 1 aromatic heterocycles.